The van der Waals surface area contributed by atoms with E-state index < -0.39 is 0 Å². The summed E-state index contributed by atoms with van der Waals surface area (Å²) >= 11 is 0. The van der Waals surface area contributed by atoms with Crippen molar-refractivity contribution < 1.29 is 18.7 Å². The molecule has 2 N–H and O–H groups in total. The van der Waals surface area contributed by atoms with Crippen LogP contribution in [-0.2, 0) is 9.47 Å². The first kappa shape index (κ1) is 20.7. The van der Waals surface area contributed by atoms with E-state index in [2.05, 4.69) is 16.4 Å². The Bertz CT molecular complexity index is 1520. The van der Waals surface area contributed by atoms with E-state index in [1.54, 1.807) is 30.6 Å². The van der Waals surface area contributed by atoms with Gasteiger partial charge in [-0.1, -0.05) is 6.08 Å². The molecular weight excluding hydrogens is 435 g/mol. The number of rotatable bonds is 4. The number of anilines is 1. The SMILES string of the molecule is N#Cc1ccc2[nH]cc(NC(=O)c3cn(C4COC4)c4cc(C5=CCOCC5)c(F)cc34)c2c1. The predicted molar refractivity (Wildman–Crippen MR) is 126 cm³/mol. The largest absolute Gasteiger partial charge is 0.377 e. The van der Waals surface area contributed by atoms with Crippen molar-refractivity contribution in [3.63, 3.8) is 0 Å². The van der Waals surface area contributed by atoms with Gasteiger partial charge in [-0.25, -0.2) is 4.39 Å². The lowest BCUT2D eigenvalue weighted by Gasteiger charge is -2.28. The molecule has 8 heteroatoms. The van der Waals surface area contributed by atoms with Gasteiger partial charge in [0.25, 0.3) is 5.91 Å². The van der Waals surface area contributed by atoms with Crippen molar-refractivity contribution in [2.24, 2.45) is 0 Å². The Labute approximate surface area is 194 Å². The number of ether oxygens (including phenoxy) is 2. The van der Waals surface area contributed by atoms with Gasteiger partial charge in [0.1, 0.15) is 5.82 Å². The molecule has 2 aliphatic heterocycles. The predicted octanol–water partition coefficient (Wildman–Crippen LogP) is 4.76. The molecule has 2 aliphatic rings. The number of fused-ring (bicyclic) bond motifs is 2. The highest BCUT2D eigenvalue weighted by Crippen LogP contribution is 2.34. The first-order valence-corrected chi connectivity index (χ1v) is 11.1. The highest BCUT2D eigenvalue weighted by molar-refractivity contribution is 6.15. The summed E-state index contributed by atoms with van der Waals surface area (Å²) < 4.78 is 28.0. The Kier molecular flexibility index (Phi) is 4.94. The molecule has 4 aromatic rings. The number of halogens is 1. The summed E-state index contributed by atoms with van der Waals surface area (Å²) in [5, 5.41) is 13.4. The summed E-state index contributed by atoms with van der Waals surface area (Å²) in [7, 11) is 0. The molecule has 0 unspecified atom stereocenters. The Balaban J connectivity index is 1.43. The van der Waals surface area contributed by atoms with Gasteiger partial charge in [-0.2, -0.15) is 5.26 Å². The van der Waals surface area contributed by atoms with Crippen molar-refractivity contribution in [3.05, 3.63) is 71.3 Å². The molecule has 1 amide bonds. The molecule has 7 nitrogen and oxygen atoms in total. The monoisotopic (exact) mass is 456 g/mol. The second-order valence-corrected chi connectivity index (χ2v) is 8.57. The first-order valence-electron chi connectivity index (χ1n) is 11.1. The van der Waals surface area contributed by atoms with E-state index in [-0.39, 0.29) is 17.8 Å². The highest BCUT2D eigenvalue weighted by Gasteiger charge is 2.27. The minimum absolute atomic E-state index is 0.0947. The minimum Gasteiger partial charge on any atom is -0.377 e. The van der Waals surface area contributed by atoms with Crippen LogP contribution >= 0.6 is 0 Å². The lowest BCUT2D eigenvalue weighted by Crippen LogP contribution is -2.30. The molecular formula is C26H21FN4O3. The number of nitrogens with one attached hydrogen (secondary N) is 2. The number of amides is 1. The number of carbonyl (C=O) groups excluding carboxylic acids is 1. The fourth-order valence-electron chi connectivity index (χ4n) is 4.64. The molecule has 1 fully saturated rings. The van der Waals surface area contributed by atoms with E-state index in [0.29, 0.717) is 60.6 Å². The van der Waals surface area contributed by atoms with Gasteiger partial charge in [-0.15, -0.1) is 0 Å². The number of carbonyl (C=O) groups is 1. The fourth-order valence-corrected chi connectivity index (χ4v) is 4.64. The molecule has 0 bridgehead atoms. The molecule has 4 heterocycles. The van der Waals surface area contributed by atoms with E-state index in [1.165, 1.54) is 6.07 Å². The van der Waals surface area contributed by atoms with E-state index in [0.717, 1.165) is 22.0 Å². The van der Waals surface area contributed by atoms with Crippen LogP contribution < -0.4 is 5.32 Å². The van der Waals surface area contributed by atoms with E-state index >= 15 is 4.39 Å². The third-order valence-corrected chi connectivity index (χ3v) is 6.55. The molecule has 1 saturated heterocycles. The van der Waals surface area contributed by atoms with Gasteiger partial charge in [-0.05, 0) is 42.3 Å². The third-order valence-electron chi connectivity index (χ3n) is 6.55. The molecule has 6 rings (SSSR count). The van der Waals surface area contributed by atoms with Crippen molar-refractivity contribution in [3.8, 4) is 6.07 Å². The number of hydrogen-bond donors (Lipinski definition) is 2. The van der Waals surface area contributed by atoms with Gasteiger partial charge < -0.3 is 24.3 Å². The average Bonchev–Trinajstić information content (AvgIpc) is 3.39. The van der Waals surface area contributed by atoms with E-state index in [1.807, 2.05) is 16.7 Å². The van der Waals surface area contributed by atoms with Crippen molar-refractivity contribution in [1.82, 2.24) is 9.55 Å². The molecule has 0 atom stereocenters. The van der Waals surface area contributed by atoms with Crippen LogP contribution in [0.4, 0.5) is 10.1 Å². The summed E-state index contributed by atoms with van der Waals surface area (Å²) in [4.78, 5) is 16.5. The summed E-state index contributed by atoms with van der Waals surface area (Å²) in [6, 6.07) is 10.7. The Hall–Kier alpha value is -3.93. The maximum Gasteiger partial charge on any atom is 0.257 e. The summed E-state index contributed by atoms with van der Waals surface area (Å²) in [5.41, 5.74) is 4.52. The van der Waals surface area contributed by atoms with Crippen molar-refractivity contribution in [2.75, 3.05) is 31.7 Å². The maximum atomic E-state index is 15.2. The molecule has 170 valence electrons. The second kappa shape index (κ2) is 8.13. The first-order chi connectivity index (χ1) is 16.6. The number of nitrogens with zero attached hydrogens (tertiary/aromatic N) is 2. The smallest absolute Gasteiger partial charge is 0.257 e. The summed E-state index contributed by atoms with van der Waals surface area (Å²) in [5.74, 6) is -0.701. The van der Waals surface area contributed by atoms with Crippen LogP contribution in [0.15, 0.2) is 48.8 Å². The van der Waals surface area contributed by atoms with Crippen molar-refractivity contribution >= 4 is 39.0 Å². The molecule has 2 aromatic carbocycles. The maximum absolute atomic E-state index is 15.2. The Morgan fingerprint density at radius 3 is 2.82 bits per heavy atom. The normalized spacial score (nSPS) is 16.3. The topological polar surface area (TPSA) is 92.1 Å². The summed E-state index contributed by atoms with van der Waals surface area (Å²) in [6.45, 7) is 2.13. The molecule has 0 spiro atoms. The lowest BCUT2D eigenvalue weighted by molar-refractivity contribution is -0.0214. The second-order valence-electron chi connectivity index (χ2n) is 8.57. The molecule has 2 aromatic heterocycles. The third kappa shape index (κ3) is 3.37. The van der Waals surface area contributed by atoms with Crippen molar-refractivity contribution in [1.29, 1.82) is 5.26 Å². The number of hydrogen-bond acceptors (Lipinski definition) is 4. The molecule has 34 heavy (non-hydrogen) atoms. The highest BCUT2D eigenvalue weighted by atomic mass is 19.1. The number of benzene rings is 2. The molecule has 0 radical (unpaired) electrons. The Morgan fingerprint density at radius 2 is 2.09 bits per heavy atom. The zero-order valence-electron chi connectivity index (χ0n) is 18.2. The fraction of sp³-hybridized carbons (Fsp3) is 0.231. The number of H-pyrrole nitrogens is 1. The van der Waals surface area contributed by atoms with E-state index in [4.69, 9.17) is 9.47 Å². The number of aromatic nitrogens is 2. The molecule has 0 aliphatic carbocycles. The van der Waals surface area contributed by atoms with Crippen LogP contribution in [0.5, 0.6) is 0 Å². The van der Waals surface area contributed by atoms with Crippen LogP contribution in [-0.4, -0.2) is 41.9 Å². The standard InChI is InChI=1S/C26H21FN4O3/c27-22-8-19-21(26(32)30-24-11-29-23-2-1-15(10-28)7-20(23)24)12-31(17-13-34-14-17)25(19)9-18(22)16-3-5-33-6-4-16/h1-3,7-9,11-12,17,29H,4-6,13-14H2,(H,30,32). The lowest BCUT2D eigenvalue weighted by atomic mass is 9.99. The number of nitriles is 1. The van der Waals surface area contributed by atoms with Gasteiger partial charge >= 0.3 is 0 Å². The quantitative estimate of drug-likeness (QED) is 0.463. The summed E-state index contributed by atoms with van der Waals surface area (Å²) in [6.07, 6.45) is 6.03. The number of aromatic amines is 1. The minimum atomic E-state index is -0.358. The van der Waals surface area contributed by atoms with Crippen LogP contribution in [0.25, 0.3) is 27.4 Å². The zero-order valence-corrected chi connectivity index (χ0v) is 18.2. The van der Waals surface area contributed by atoms with Gasteiger partial charge in [0.05, 0.1) is 60.9 Å². The molecule has 0 saturated carbocycles. The van der Waals surface area contributed by atoms with Gasteiger partial charge in [-0.3, -0.25) is 4.79 Å². The van der Waals surface area contributed by atoms with Crippen molar-refractivity contribution in [2.45, 2.75) is 12.5 Å². The van der Waals surface area contributed by atoms with Crippen LogP contribution in [0.2, 0.25) is 0 Å². The van der Waals surface area contributed by atoms with Crippen LogP contribution in [0, 0.1) is 17.1 Å². The van der Waals surface area contributed by atoms with Crippen LogP contribution in [0.3, 0.4) is 0 Å². The van der Waals surface area contributed by atoms with Gasteiger partial charge in [0, 0.05) is 34.2 Å². The van der Waals surface area contributed by atoms with E-state index in [9.17, 15) is 10.1 Å². The van der Waals surface area contributed by atoms with Gasteiger partial charge in [0.2, 0.25) is 0 Å². The average molecular weight is 456 g/mol. The van der Waals surface area contributed by atoms with Gasteiger partial charge in [0.15, 0.2) is 0 Å². The zero-order chi connectivity index (χ0) is 23.2. The van der Waals surface area contributed by atoms with Crippen LogP contribution in [0.1, 0.15) is 33.9 Å². The Morgan fingerprint density at radius 1 is 1.21 bits per heavy atom.